The molecule has 2 aliphatic carbocycles. The summed E-state index contributed by atoms with van der Waals surface area (Å²) in [6.07, 6.45) is 4.46. The summed E-state index contributed by atoms with van der Waals surface area (Å²) in [7, 11) is 3.02. The molecule has 2 heterocycles. The molecule has 0 atom stereocenters. The zero-order valence-corrected chi connectivity index (χ0v) is 36.1. The van der Waals surface area contributed by atoms with Gasteiger partial charge in [0.25, 0.3) is 5.91 Å². The average Bonchev–Trinajstić information content (AvgIpc) is 3.19. The highest BCUT2D eigenvalue weighted by atomic mass is 35.5. The molecule has 7 rings (SSSR count). The van der Waals surface area contributed by atoms with Gasteiger partial charge in [-0.1, -0.05) is 53.2 Å². The number of hydrogen-bond donors (Lipinski definition) is 1. The number of nitrogens with one attached hydrogen (secondary N) is 1. The van der Waals surface area contributed by atoms with Crippen molar-refractivity contribution in [3.8, 4) is 35.2 Å². The summed E-state index contributed by atoms with van der Waals surface area (Å²) in [5, 5.41) is 3.98. The van der Waals surface area contributed by atoms with Crippen LogP contribution in [-0.4, -0.2) is 74.3 Å². The van der Waals surface area contributed by atoms with Crippen molar-refractivity contribution in [2.75, 3.05) is 40.4 Å². The second-order valence-corrected chi connectivity index (χ2v) is 16.6. The van der Waals surface area contributed by atoms with Gasteiger partial charge >= 0.3 is 0 Å². The van der Waals surface area contributed by atoms with Crippen LogP contribution in [-0.2, 0) is 19.2 Å². The first-order valence-electron chi connectivity index (χ1n) is 19.6. The number of halogens is 3. The Hall–Kier alpha value is -4.64. The van der Waals surface area contributed by atoms with E-state index < -0.39 is 17.3 Å². The molecule has 4 fully saturated rings. The molecule has 9 nitrogen and oxygen atoms in total. The van der Waals surface area contributed by atoms with Crippen LogP contribution in [0.3, 0.4) is 0 Å². The van der Waals surface area contributed by atoms with Gasteiger partial charge in [0, 0.05) is 76.6 Å². The predicted octanol–water partition coefficient (Wildman–Crippen LogP) is 8.19. The lowest BCUT2D eigenvalue weighted by atomic mass is 9.63. The molecule has 0 unspecified atom stereocenters. The summed E-state index contributed by atoms with van der Waals surface area (Å²) in [6.45, 7) is 6.25. The lowest BCUT2D eigenvalue weighted by molar-refractivity contribution is -0.139. The molecule has 2 saturated heterocycles. The van der Waals surface area contributed by atoms with Crippen LogP contribution < -0.4 is 14.8 Å². The number of Topliss-reactive ketones (excluding diaryl/α,β-unsaturated/α-hetero) is 4. The Labute approximate surface area is 362 Å². The van der Waals surface area contributed by atoms with E-state index in [2.05, 4.69) is 29.0 Å². The van der Waals surface area contributed by atoms with Crippen molar-refractivity contribution in [1.29, 1.82) is 0 Å². The molecule has 4 aliphatic rings. The molecule has 2 spiro atoms. The van der Waals surface area contributed by atoms with E-state index in [0.717, 1.165) is 25.9 Å². The number of hydrogen-bond acceptors (Lipinski definition) is 8. The highest BCUT2D eigenvalue weighted by molar-refractivity contribution is 6.33. The van der Waals surface area contributed by atoms with Crippen molar-refractivity contribution in [2.45, 2.75) is 77.0 Å². The first-order valence-corrected chi connectivity index (χ1v) is 20.4. The summed E-state index contributed by atoms with van der Waals surface area (Å²) in [4.78, 5) is 67.0. The van der Waals surface area contributed by atoms with Crippen LogP contribution in [0.15, 0.2) is 54.6 Å². The Balaban J connectivity index is 0.000000229. The second kappa shape index (κ2) is 19.6. The molecule has 310 valence electrons. The first-order chi connectivity index (χ1) is 27.9. The van der Waals surface area contributed by atoms with Gasteiger partial charge in [0.2, 0.25) is 0 Å². The Kier molecular flexibility index (Phi) is 15.1. The van der Waals surface area contributed by atoms with Gasteiger partial charge < -0.3 is 19.7 Å². The number of piperidine rings is 2. The Morgan fingerprint density at radius 1 is 0.678 bits per heavy atom. The van der Waals surface area contributed by atoms with Gasteiger partial charge in [0.15, 0.2) is 0 Å². The van der Waals surface area contributed by atoms with E-state index in [-0.39, 0.29) is 46.9 Å². The second-order valence-electron chi connectivity index (χ2n) is 15.7. The summed E-state index contributed by atoms with van der Waals surface area (Å²) < 4.78 is 10.9. The summed E-state index contributed by atoms with van der Waals surface area (Å²) in [5.41, 5.74) is 2.38. The quantitative estimate of drug-likeness (QED) is 0.202. The molecule has 3 aromatic carbocycles. The normalized spacial score (nSPS) is 19.6. The van der Waals surface area contributed by atoms with E-state index in [1.807, 2.05) is 23.1 Å². The number of rotatable bonds is 5. The lowest BCUT2D eigenvalue weighted by Gasteiger charge is -2.44. The standard InChI is InChI=1S/C27H26ClNO4.C20H22ClNO3.ClH/c1-3-7-18-14-20(28)24(23(15-18)33-2)25-21(30)16-27(17-22(25)31)10-12-29(13-11-27)26(32)19-8-5-4-6-9-19;1-3-4-13-9-14(21)18(17(10-13)25-2)19-15(23)11-20(12-16(19)24)5-7-22-8-6-20;/h4-6,8-9,14-15,25H,10-13,16-17H2,1-2H3;9-10,19,22H,5-8,11-12H2,1-2H3;1H. The summed E-state index contributed by atoms with van der Waals surface area (Å²) in [5.74, 6) is 10.2. The SMILES string of the molecule is CC#Cc1cc(Cl)c(C2C(=O)CC3(CCN(C(=O)c4ccccc4)CC3)CC2=O)c(OC)c1.CC#Cc1cc(Cl)c(C2C(=O)CC3(CCNCC3)CC2=O)c(OC)c1.Cl. The fourth-order valence-electron chi connectivity index (χ4n) is 9.14. The van der Waals surface area contributed by atoms with E-state index in [9.17, 15) is 24.0 Å². The largest absolute Gasteiger partial charge is 0.496 e. The maximum atomic E-state index is 13.3. The van der Waals surface area contributed by atoms with Crippen molar-refractivity contribution in [1.82, 2.24) is 10.2 Å². The summed E-state index contributed by atoms with van der Waals surface area (Å²) in [6, 6.07) is 16.0. The number of carbonyl (C=O) groups is 5. The predicted molar refractivity (Wildman–Crippen MR) is 231 cm³/mol. The Morgan fingerprint density at radius 2 is 1.08 bits per heavy atom. The number of carbonyl (C=O) groups excluding carboxylic acids is 5. The van der Waals surface area contributed by atoms with Gasteiger partial charge in [-0.15, -0.1) is 24.2 Å². The van der Waals surface area contributed by atoms with Gasteiger partial charge in [0.1, 0.15) is 46.5 Å². The van der Waals surface area contributed by atoms with Crippen molar-refractivity contribution in [2.24, 2.45) is 10.8 Å². The van der Waals surface area contributed by atoms with E-state index >= 15 is 0 Å². The van der Waals surface area contributed by atoms with Gasteiger partial charge in [-0.25, -0.2) is 0 Å². The van der Waals surface area contributed by atoms with Gasteiger partial charge in [-0.2, -0.15) is 0 Å². The van der Waals surface area contributed by atoms with E-state index in [1.54, 1.807) is 50.2 Å². The number of methoxy groups -OCH3 is 2. The molecular formula is C47H49Cl3N2O7. The number of likely N-dealkylation sites (tertiary alicyclic amines) is 1. The molecule has 0 radical (unpaired) electrons. The minimum atomic E-state index is -0.925. The molecule has 3 aromatic rings. The van der Waals surface area contributed by atoms with E-state index in [4.69, 9.17) is 32.7 Å². The van der Waals surface area contributed by atoms with E-state index in [1.165, 1.54) is 14.2 Å². The monoisotopic (exact) mass is 858 g/mol. The van der Waals surface area contributed by atoms with Crippen LogP contribution in [0.4, 0.5) is 0 Å². The van der Waals surface area contributed by atoms with Crippen molar-refractivity contribution >= 4 is 64.6 Å². The van der Waals surface area contributed by atoms with Gasteiger partial charge in [0.05, 0.1) is 14.2 Å². The topological polar surface area (TPSA) is 119 Å². The number of nitrogens with zero attached hydrogens (tertiary/aromatic N) is 1. The maximum Gasteiger partial charge on any atom is 0.253 e. The molecule has 1 amide bonds. The van der Waals surface area contributed by atoms with Crippen LogP contribution in [0, 0.1) is 34.5 Å². The van der Waals surface area contributed by atoms with Crippen molar-refractivity contribution in [3.05, 3.63) is 92.5 Å². The van der Waals surface area contributed by atoms with E-state index in [0.29, 0.717) is 101 Å². The lowest BCUT2D eigenvalue weighted by Crippen LogP contribution is -2.48. The molecule has 0 aromatic heterocycles. The third kappa shape index (κ3) is 9.88. The van der Waals surface area contributed by atoms with Crippen LogP contribution in [0.2, 0.25) is 10.0 Å². The zero-order chi connectivity index (χ0) is 41.6. The number of ether oxygens (including phenoxy) is 2. The summed E-state index contributed by atoms with van der Waals surface area (Å²) >= 11 is 12.9. The van der Waals surface area contributed by atoms with Crippen molar-refractivity contribution < 1.29 is 33.4 Å². The third-order valence-corrected chi connectivity index (χ3v) is 12.6. The number of benzene rings is 3. The molecule has 2 saturated carbocycles. The molecule has 12 heteroatoms. The van der Waals surface area contributed by atoms with Gasteiger partial charge in [-0.3, -0.25) is 24.0 Å². The molecule has 59 heavy (non-hydrogen) atoms. The minimum absolute atomic E-state index is 0. The van der Waals surface area contributed by atoms with Crippen LogP contribution >= 0.6 is 35.6 Å². The molecule has 1 N–H and O–H groups in total. The van der Waals surface area contributed by atoms with Crippen LogP contribution in [0.25, 0.3) is 0 Å². The zero-order valence-electron chi connectivity index (χ0n) is 33.8. The molecule has 2 aliphatic heterocycles. The molecule has 0 bridgehead atoms. The fraction of sp³-hybridized carbons (Fsp3) is 0.426. The smallest absolute Gasteiger partial charge is 0.253 e. The Bertz CT molecular complexity index is 2200. The van der Waals surface area contributed by atoms with Crippen molar-refractivity contribution in [3.63, 3.8) is 0 Å². The minimum Gasteiger partial charge on any atom is -0.496 e. The number of amides is 1. The molecular weight excluding hydrogens is 811 g/mol. The third-order valence-electron chi connectivity index (χ3n) is 12.0. The number of ketones is 4. The van der Waals surface area contributed by atoms with Crippen LogP contribution in [0.5, 0.6) is 11.5 Å². The van der Waals surface area contributed by atoms with Crippen LogP contribution in [0.1, 0.15) is 110 Å². The first kappa shape index (κ1) is 45.4. The highest BCUT2D eigenvalue weighted by Gasteiger charge is 2.49. The highest BCUT2D eigenvalue weighted by Crippen LogP contribution is 2.49. The average molecular weight is 860 g/mol. The Morgan fingerprint density at radius 3 is 1.47 bits per heavy atom. The fourth-order valence-corrected chi connectivity index (χ4v) is 9.78. The van der Waals surface area contributed by atoms with Gasteiger partial charge in [-0.05, 0) is 99.8 Å². The maximum absolute atomic E-state index is 13.3.